The van der Waals surface area contributed by atoms with Crippen LogP contribution in [-0.2, 0) is 0 Å². The highest BCUT2D eigenvalue weighted by Gasteiger charge is 2.26. The van der Waals surface area contributed by atoms with Crippen LogP contribution in [0.1, 0.15) is 27.5 Å². The largest absolute Gasteiger partial charge is 0.507 e. The quantitative estimate of drug-likeness (QED) is 0.729. The van der Waals surface area contributed by atoms with Crippen molar-refractivity contribution in [2.45, 2.75) is 6.04 Å². The second-order valence-corrected chi connectivity index (χ2v) is 6.36. The Bertz CT molecular complexity index is 951. The van der Waals surface area contributed by atoms with E-state index in [9.17, 15) is 15.0 Å². The van der Waals surface area contributed by atoms with E-state index in [4.69, 9.17) is 4.74 Å². The van der Waals surface area contributed by atoms with Crippen LogP contribution < -0.4 is 4.74 Å². The van der Waals surface area contributed by atoms with Gasteiger partial charge in [-0.2, -0.15) is 0 Å². The standard InChI is InChI=1S/C21H21NO4/c1-22(2)19(13-7-5-4-6-8-13)18-16-10-9-15(26-3)11-14(16)12-17(20(18)23)21(24)25/h4-12,19,23H,1-3H3,(H,24,25). The molecule has 0 heterocycles. The van der Waals surface area contributed by atoms with Crippen LogP contribution in [0.25, 0.3) is 10.8 Å². The Morgan fingerprint density at radius 3 is 2.35 bits per heavy atom. The number of aromatic carboxylic acids is 1. The van der Waals surface area contributed by atoms with Crippen molar-refractivity contribution in [3.05, 3.63) is 71.3 Å². The number of hydrogen-bond donors (Lipinski definition) is 2. The summed E-state index contributed by atoms with van der Waals surface area (Å²) < 4.78 is 5.26. The van der Waals surface area contributed by atoms with Crippen molar-refractivity contribution < 1.29 is 19.7 Å². The van der Waals surface area contributed by atoms with Crippen LogP contribution in [0.5, 0.6) is 11.5 Å². The number of phenols is 1. The minimum absolute atomic E-state index is 0.122. The molecule has 0 radical (unpaired) electrons. The molecule has 1 unspecified atom stereocenters. The van der Waals surface area contributed by atoms with Gasteiger partial charge in [0.1, 0.15) is 17.1 Å². The first-order chi connectivity index (χ1) is 12.4. The second-order valence-electron chi connectivity index (χ2n) is 6.36. The topological polar surface area (TPSA) is 70.0 Å². The molecule has 134 valence electrons. The number of hydrogen-bond acceptors (Lipinski definition) is 4. The Kier molecular flexibility index (Phi) is 4.82. The van der Waals surface area contributed by atoms with Gasteiger partial charge in [0.2, 0.25) is 0 Å². The minimum Gasteiger partial charge on any atom is -0.507 e. The van der Waals surface area contributed by atoms with E-state index in [2.05, 4.69) is 0 Å². The maximum absolute atomic E-state index is 11.7. The molecule has 0 fully saturated rings. The average molecular weight is 351 g/mol. The number of carboxylic acids is 1. The second kappa shape index (κ2) is 7.06. The van der Waals surface area contributed by atoms with Crippen LogP contribution in [0.3, 0.4) is 0 Å². The van der Waals surface area contributed by atoms with Crippen molar-refractivity contribution in [3.63, 3.8) is 0 Å². The van der Waals surface area contributed by atoms with Crippen LogP contribution in [0, 0.1) is 0 Å². The molecular formula is C21H21NO4. The molecule has 5 nitrogen and oxygen atoms in total. The predicted molar refractivity (Wildman–Crippen MR) is 101 cm³/mol. The molecule has 3 aromatic rings. The molecule has 3 rings (SSSR count). The molecule has 0 aliphatic heterocycles. The van der Waals surface area contributed by atoms with E-state index in [0.29, 0.717) is 16.7 Å². The maximum Gasteiger partial charge on any atom is 0.339 e. The summed E-state index contributed by atoms with van der Waals surface area (Å²) in [4.78, 5) is 13.7. The Morgan fingerprint density at radius 2 is 1.77 bits per heavy atom. The third-order valence-electron chi connectivity index (χ3n) is 4.49. The zero-order valence-electron chi connectivity index (χ0n) is 14.9. The lowest BCUT2D eigenvalue weighted by Gasteiger charge is -2.28. The lowest BCUT2D eigenvalue weighted by Crippen LogP contribution is -2.22. The summed E-state index contributed by atoms with van der Waals surface area (Å²) in [7, 11) is 5.37. The first kappa shape index (κ1) is 17.8. The number of aromatic hydroxyl groups is 1. The SMILES string of the molecule is COc1ccc2c(C(c3ccccc3)N(C)C)c(O)c(C(=O)O)cc2c1. The molecule has 5 heteroatoms. The summed E-state index contributed by atoms with van der Waals surface area (Å²) >= 11 is 0. The van der Waals surface area contributed by atoms with Crippen molar-refractivity contribution in [2.75, 3.05) is 21.2 Å². The number of nitrogens with zero attached hydrogens (tertiary/aromatic N) is 1. The molecule has 26 heavy (non-hydrogen) atoms. The van der Waals surface area contributed by atoms with E-state index in [0.717, 1.165) is 10.9 Å². The Hall–Kier alpha value is -3.05. The number of carboxylic acid groups (broad SMARTS) is 1. The molecule has 0 aromatic heterocycles. The highest BCUT2D eigenvalue weighted by atomic mass is 16.5. The number of carbonyl (C=O) groups is 1. The molecule has 0 bridgehead atoms. The zero-order chi connectivity index (χ0) is 18.8. The average Bonchev–Trinajstić information content (AvgIpc) is 2.63. The van der Waals surface area contributed by atoms with Gasteiger partial charge in [-0.3, -0.25) is 4.90 Å². The van der Waals surface area contributed by atoms with E-state index < -0.39 is 5.97 Å². The van der Waals surface area contributed by atoms with Gasteiger partial charge in [-0.05, 0) is 48.6 Å². The summed E-state index contributed by atoms with van der Waals surface area (Å²) in [5.74, 6) is -0.747. The van der Waals surface area contributed by atoms with Crippen molar-refractivity contribution >= 4 is 16.7 Å². The highest BCUT2D eigenvalue weighted by Crippen LogP contribution is 2.41. The van der Waals surface area contributed by atoms with Crippen LogP contribution in [-0.4, -0.2) is 42.3 Å². The van der Waals surface area contributed by atoms with E-state index >= 15 is 0 Å². The number of rotatable bonds is 5. The van der Waals surface area contributed by atoms with E-state index in [1.165, 1.54) is 6.07 Å². The number of fused-ring (bicyclic) bond motifs is 1. The van der Waals surface area contributed by atoms with Gasteiger partial charge in [0.15, 0.2) is 0 Å². The molecule has 1 atom stereocenters. The van der Waals surface area contributed by atoms with Crippen molar-refractivity contribution in [3.8, 4) is 11.5 Å². The monoisotopic (exact) mass is 351 g/mol. The summed E-state index contributed by atoms with van der Waals surface area (Å²) in [5.41, 5.74) is 1.41. The molecular weight excluding hydrogens is 330 g/mol. The molecule has 0 aliphatic rings. The molecule has 0 aliphatic carbocycles. The van der Waals surface area contributed by atoms with Crippen LogP contribution in [0.4, 0.5) is 0 Å². The molecule has 0 spiro atoms. The van der Waals surface area contributed by atoms with E-state index in [-0.39, 0.29) is 17.4 Å². The van der Waals surface area contributed by atoms with Crippen molar-refractivity contribution in [1.82, 2.24) is 4.90 Å². The van der Waals surface area contributed by atoms with E-state index in [1.807, 2.05) is 61.5 Å². The van der Waals surface area contributed by atoms with Gasteiger partial charge in [0, 0.05) is 5.56 Å². The van der Waals surface area contributed by atoms with Crippen molar-refractivity contribution in [2.24, 2.45) is 0 Å². The number of benzene rings is 3. The molecule has 0 amide bonds. The summed E-state index contributed by atoms with van der Waals surface area (Å²) in [6.07, 6.45) is 0. The summed E-state index contributed by atoms with van der Waals surface area (Å²) in [6.45, 7) is 0. The van der Waals surface area contributed by atoms with Gasteiger partial charge in [-0.1, -0.05) is 36.4 Å². The Morgan fingerprint density at radius 1 is 1.08 bits per heavy atom. The zero-order valence-corrected chi connectivity index (χ0v) is 14.9. The molecule has 3 aromatic carbocycles. The Balaban J connectivity index is 2.38. The molecule has 0 saturated carbocycles. The lowest BCUT2D eigenvalue weighted by atomic mass is 9.90. The first-order valence-corrected chi connectivity index (χ1v) is 8.22. The van der Waals surface area contributed by atoms with Crippen LogP contribution >= 0.6 is 0 Å². The fraction of sp³-hybridized carbons (Fsp3) is 0.190. The highest BCUT2D eigenvalue weighted by molar-refractivity contribution is 6.00. The third kappa shape index (κ3) is 3.09. The predicted octanol–water partition coefficient (Wildman–Crippen LogP) is 3.90. The minimum atomic E-state index is -1.17. The van der Waals surface area contributed by atoms with Gasteiger partial charge in [0.25, 0.3) is 0 Å². The van der Waals surface area contributed by atoms with Crippen LogP contribution in [0.15, 0.2) is 54.6 Å². The van der Waals surface area contributed by atoms with Gasteiger partial charge in [-0.15, -0.1) is 0 Å². The fourth-order valence-corrected chi connectivity index (χ4v) is 3.33. The third-order valence-corrected chi connectivity index (χ3v) is 4.49. The number of ether oxygens (including phenoxy) is 1. The van der Waals surface area contributed by atoms with Gasteiger partial charge in [-0.25, -0.2) is 4.79 Å². The van der Waals surface area contributed by atoms with Crippen molar-refractivity contribution in [1.29, 1.82) is 0 Å². The van der Waals surface area contributed by atoms with E-state index in [1.54, 1.807) is 13.2 Å². The smallest absolute Gasteiger partial charge is 0.339 e. The molecule has 2 N–H and O–H groups in total. The Labute approximate surface area is 152 Å². The summed E-state index contributed by atoms with van der Waals surface area (Å²) in [6, 6.07) is 16.3. The van der Waals surface area contributed by atoms with Gasteiger partial charge in [0.05, 0.1) is 13.2 Å². The summed E-state index contributed by atoms with van der Waals surface area (Å²) in [5, 5.41) is 21.9. The maximum atomic E-state index is 11.7. The first-order valence-electron chi connectivity index (χ1n) is 8.22. The fourth-order valence-electron chi connectivity index (χ4n) is 3.33. The molecule has 0 saturated heterocycles. The number of methoxy groups -OCH3 is 1. The van der Waals surface area contributed by atoms with Gasteiger partial charge < -0.3 is 14.9 Å². The normalized spacial score (nSPS) is 12.3. The van der Waals surface area contributed by atoms with Crippen LogP contribution in [0.2, 0.25) is 0 Å². The van der Waals surface area contributed by atoms with Gasteiger partial charge >= 0.3 is 5.97 Å². The lowest BCUT2D eigenvalue weighted by molar-refractivity contribution is 0.0693.